The second kappa shape index (κ2) is 6.15. The molecule has 1 amide bonds. The molecule has 2 rings (SSSR count). The molecule has 0 aromatic heterocycles. The van der Waals surface area contributed by atoms with Crippen molar-refractivity contribution in [3.05, 3.63) is 23.8 Å². The molecule has 104 valence electrons. The number of benzene rings is 1. The molecule has 1 heterocycles. The number of ether oxygens (including phenoxy) is 2. The van der Waals surface area contributed by atoms with Crippen molar-refractivity contribution >= 4 is 17.5 Å². The molecule has 0 bridgehead atoms. The normalized spacial score (nSPS) is 13.5. The number of carbonyl (C=O) groups is 1. The molecule has 0 unspecified atom stereocenters. The number of hydrogen-bond acceptors (Lipinski definition) is 3. The van der Waals surface area contributed by atoms with Crippen LogP contribution in [0.5, 0.6) is 11.5 Å². The van der Waals surface area contributed by atoms with Crippen LogP contribution in [0, 0.1) is 0 Å². The van der Waals surface area contributed by atoms with Gasteiger partial charge in [0.25, 0.3) is 5.91 Å². The lowest BCUT2D eigenvalue weighted by atomic mass is 10.1. The first-order valence-electron chi connectivity index (χ1n) is 6.40. The summed E-state index contributed by atoms with van der Waals surface area (Å²) in [6.45, 7) is 5.44. The summed E-state index contributed by atoms with van der Waals surface area (Å²) in [5, 5.41) is 0. The predicted octanol–water partition coefficient (Wildman–Crippen LogP) is 2.55. The summed E-state index contributed by atoms with van der Waals surface area (Å²) in [5.74, 6) is 1.51. The van der Waals surface area contributed by atoms with Crippen molar-refractivity contribution in [1.29, 1.82) is 0 Å². The van der Waals surface area contributed by atoms with Crippen LogP contribution in [0.3, 0.4) is 0 Å². The molecule has 0 saturated carbocycles. The maximum absolute atomic E-state index is 12.6. The Kier molecular flexibility index (Phi) is 4.53. The minimum absolute atomic E-state index is 0.0713. The third kappa shape index (κ3) is 2.95. The predicted molar refractivity (Wildman–Crippen MR) is 74.3 cm³/mol. The van der Waals surface area contributed by atoms with Crippen molar-refractivity contribution in [2.24, 2.45) is 0 Å². The quantitative estimate of drug-likeness (QED) is 0.797. The lowest BCUT2D eigenvalue weighted by Crippen LogP contribution is -2.38. The molecular formula is C14H18ClNO3. The third-order valence-corrected chi connectivity index (χ3v) is 3.18. The first kappa shape index (κ1) is 14.0. The molecule has 1 aromatic carbocycles. The van der Waals surface area contributed by atoms with Crippen LogP contribution in [0.2, 0.25) is 0 Å². The van der Waals surface area contributed by atoms with E-state index in [0.717, 1.165) is 0 Å². The summed E-state index contributed by atoms with van der Waals surface area (Å²) in [7, 11) is 0. The number of para-hydroxylation sites is 1. The molecule has 0 N–H and O–H groups in total. The molecule has 1 aliphatic rings. The number of amides is 1. The Hall–Kier alpha value is -1.42. The van der Waals surface area contributed by atoms with E-state index in [9.17, 15) is 4.79 Å². The Morgan fingerprint density at radius 3 is 2.79 bits per heavy atom. The van der Waals surface area contributed by atoms with Gasteiger partial charge in [0.05, 0.1) is 5.56 Å². The van der Waals surface area contributed by atoms with Gasteiger partial charge in [0.15, 0.2) is 11.5 Å². The summed E-state index contributed by atoms with van der Waals surface area (Å²) in [6, 6.07) is 5.47. The SMILES string of the molecule is CC(C)N(CCCl)C(=O)c1cccc2c1OCCO2. The van der Waals surface area contributed by atoms with Crippen LogP contribution in [-0.4, -0.2) is 42.5 Å². The van der Waals surface area contributed by atoms with Gasteiger partial charge in [-0.05, 0) is 26.0 Å². The molecule has 0 spiro atoms. The van der Waals surface area contributed by atoms with Crippen molar-refractivity contribution in [2.45, 2.75) is 19.9 Å². The fraction of sp³-hybridized carbons (Fsp3) is 0.500. The second-order valence-electron chi connectivity index (χ2n) is 4.61. The molecule has 19 heavy (non-hydrogen) atoms. The number of fused-ring (bicyclic) bond motifs is 1. The largest absolute Gasteiger partial charge is 0.486 e. The van der Waals surface area contributed by atoms with E-state index in [-0.39, 0.29) is 11.9 Å². The van der Waals surface area contributed by atoms with Gasteiger partial charge in [-0.25, -0.2) is 0 Å². The van der Waals surface area contributed by atoms with Crippen LogP contribution in [0.1, 0.15) is 24.2 Å². The molecule has 4 nitrogen and oxygen atoms in total. The highest BCUT2D eigenvalue weighted by molar-refractivity contribution is 6.18. The van der Waals surface area contributed by atoms with Crippen molar-refractivity contribution in [3.8, 4) is 11.5 Å². The summed E-state index contributed by atoms with van der Waals surface area (Å²) in [6.07, 6.45) is 0. The fourth-order valence-electron chi connectivity index (χ4n) is 2.08. The highest BCUT2D eigenvalue weighted by atomic mass is 35.5. The molecule has 0 saturated heterocycles. The minimum atomic E-state index is -0.0713. The smallest absolute Gasteiger partial charge is 0.258 e. The van der Waals surface area contributed by atoms with Gasteiger partial charge in [0.1, 0.15) is 13.2 Å². The number of rotatable bonds is 4. The lowest BCUT2D eigenvalue weighted by molar-refractivity contribution is 0.0708. The van der Waals surface area contributed by atoms with Crippen LogP contribution in [0.25, 0.3) is 0 Å². The number of hydrogen-bond donors (Lipinski definition) is 0. The Bertz CT molecular complexity index is 462. The Balaban J connectivity index is 2.32. The maximum atomic E-state index is 12.6. The summed E-state index contributed by atoms with van der Waals surface area (Å²) in [4.78, 5) is 14.3. The van der Waals surface area contributed by atoms with Crippen LogP contribution in [0.4, 0.5) is 0 Å². The summed E-state index contributed by atoms with van der Waals surface area (Å²) < 4.78 is 11.1. The molecule has 1 aromatic rings. The third-order valence-electron chi connectivity index (χ3n) is 3.01. The van der Waals surface area contributed by atoms with E-state index in [2.05, 4.69) is 0 Å². The topological polar surface area (TPSA) is 38.8 Å². The van der Waals surface area contributed by atoms with E-state index < -0.39 is 0 Å². The molecule has 0 aliphatic carbocycles. The number of alkyl halides is 1. The molecule has 1 aliphatic heterocycles. The molecule has 0 fully saturated rings. The van der Waals surface area contributed by atoms with Gasteiger partial charge in [-0.3, -0.25) is 4.79 Å². The van der Waals surface area contributed by atoms with Gasteiger partial charge in [0, 0.05) is 18.5 Å². The lowest BCUT2D eigenvalue weighted by Gasteiger charge is -2.28. The van der Waals surface area contributed by atoms with Crippen LogP contribution < -0.4 is 9.47 Å². The number of halogens is 1. The second-order valence-corrected chi connectivity index (χ2v) is 4.99. The standard InChI is InChI=1S/C14H18ClNO3/c1-10(2)16(7-6-15)14(17)11-4-3-5-12-13(11)19-9-8-18-12/h3-5,10H,6-9H2,1-2H3. The number of carbonyl (C=O) groups excluding carboxylic acids is 1. The van der Waals surface area contributed by atoms with Gasteiger partial charge in [-0.1, -0.05) is 6.07 Å². The first-order chi connectivity index (χ1) is 9.15. The van der Waals surface area contributed by atoms with E-state index >= 15 is 0 Å². The Labute approximate surface area is 118 Å². The van der Waals surface area contributed by atoms with Crippen LogP contribution in [0.15, 0.2) is 18.2 Å². The van der Waals surface area contributed by atoms with Crippen molar-refractivity contribution in [2.75, 3.05) is 25.6 Å². The van der Waals surface area contributed by atoms with E-state index in [4.69, 9.17) is 21.1 Å². The molecule has 0 atom stereocenters. The van der Waals surface area contributed by atoms with Crippen LogP contribution >= 0.6 is 11.6 Å². The monoisotopic (exact) mass is 283 g/mol. The van der Waals surface area contributed by atoms with E-state index in [1.54, 1.807) is 17.0 Å². The van der Waals surface area contributed by atoms with Crippen molar-refractivity contribution in [3.63, 3.8) is 0 Å². The Morgan fingerprint density at radius 1 is 1.37 bits per heavy atom. The van der Waals surface area contributed by atoms with Crippen LogP contribution in [-0.2, 0) is 0 Å². The molecular weight excluding hydrogens is 266 g/mol. The van der Waals surface area contributed by atoms with Crippen molar-refractivity contribution < 1.29 is 14.3 Å². The summed E-state index contributed by atoms with van der Waals surface area (Å²) >= 11 is 5.77. The molecule has 0 radical (unpaired) electrons. The minimum Gasteiger partial charge on any atom is -0.486 e. The fourth-order valence-corrected chi connectivity index (χ4v) is 2.26. The first-order valence-corrected chi connectivity index (χ1v) is 6.94. The maximum Gasteiger partial charge on any atom is 0.258 e. The van der Waals surface area contributed by atoms with Gasteiger partial charge in [0.2, 0.25) is 0 Å². The highest BCUT2D eigenvalue weighted by Gasteiger charge is 2.25. The zero-order valence-corrected chi connectivity index (χ0v) is 11.9. The zero-order chi connectivity index (χ0) is 13.8. The van der Waals surface area contributed by atoms with Gasteiger partial charge in [-0.15, -0.1) is 11.6 Å². The van der Waals surface area contributed by atoms with Gasteiger partial charge in [-0.2, -0.15) is 0 Å². The van der Waals surface area contributed by atoms with E-state index in [1.807, 2.05) is 19.9 Å². The average molecular weight is 284 g/mol. The van der Waals surface area contributed by atoms with E-state index in [0.29, 0.717) is 42.7 Å². The molecule has 5 heteroatoms. The average Bonchev–Trinajstić information content (AvgIpc) is 2.43. The van der Waals surface area contributed by atoms with E-state index in [1.165, 1.54) is 0 Å². The number of nitrogens with zero attached hydrogens (tertiary/aromatic N) is 1. The Morgan fingerprint density at radius 2 is 2.11 bits per heavy atom. The van der Waals surface area contributed by atoms with Gasteiger partial charge >= 0.3 is 0 Å². The highest BCUT2D eigenvalue weighted by Crippen LogP contribution is 2.34. The zero-order valence-electron chi connectivity index (χ0n) is 11.2. The van der Waals surface area contributed by atoms with Gasteiger partial charge < -0.3 is 14.4 Å². The summed E-state index contributed by atoms with van der Waals surface area (Å²) in [5.41, 5.74) is 0.538. The van der Waals surface area contributed by atoms with Crippen molar-refractivity contribution in [1.82, 2.24) is 4.90 Å².